The lowest BCUT2D eigenvalue weighted by atomic mass is 9.67. The number of nitrogens with two attached hydrogens (primary N) is 1. The zero-order valence-electron chi connectivity index (χ0n) is 15.3. The van der Waals surface area contributed by atoms with Crippen LogP contribution in [0.3, 0.4) is 0 Å². The third kappa shape index (κ3) is 2.21. The molecule has 0 aromatic heterocycles. The summed E-state index contributed by atoms with van der Waals surface area (Å²) in [4.78, 5) is 24.3. The molecule has 25 heavy (non-hydrogen) atoms. The summed E-state index contributed by atoms with van der Waals surface area (Å²) < 4.78 is 0. The van der Waals surface area contributed by atoms with Crippen molar-refractivity contribution in [1.29, 1.82) is 0 Å². The fourth-order valence-electron chi connectivity index (χ4n) is 4.74. The maximum atomic E-state index is 12.6. The predicted molar refractivity (Wildman–Crippen MR) is 96.7 cm³/mol. The molecule has 1 aromatic carbocycles. The summed E-state index contributed by atoms with van der Waals surface area (Å²) in [5.41, 5.74) is 6.69. The van der Waals surface area contributed by atoms with Crippen LogP contribution in [0.15, 0.2) is 24.3 Å². The summed E-state index contributed by atoms with van der Waals surface area (Å²) in [6.45, 7) is 6.79. The van der Waals surface area contributed by atoms with E-state index >= 15 is 0 Å². The molecule has 2 saturated heterocycles. The number of primary amides is 1. The summed E-state index contributed by atoms with van der Waals surface area (Å²) in [6, 6.07) is 7.87. The molecule has 2 aliphatic heterocycles. The number of carbonyl (C=O) groups excluding carboxylic acids is 2. The maximum Gasteiger partial charge on any atom is 0.242 e. The molecule has 2 atom stereocenters. The number of hydrogen-bond donors (Lipinski definition) is 1. The molecule has 0 spiro atoms. The summed E-state index contributed by atoms with van der Waals surface area (Å²) in [7, 11) is 0. The normalized spacial score (nSPS) is 29.2. The first-order valence-corrected chi connectivity index (χ1v) is 9.26. The monoisotopic (exact) mass is 341 g/mol. The molecule has 2 amide bonds. The van der Waals surface area contributed by atoms with E-state index in [0.717, 1.165) is 23.7 Å². The number of benzene rings is 1. The quantitative estimate of drug-likeness (QED) is 0.915. The van der Waals surface area contributed by atoms with Crippen molar-refractivity contribution in [3.8, 4) is 0 Å². The van der Waals surface area contributed by atoms with Crippen molar-refractivity contribution in [3.05, 3.63) is 29.8 Å². The van der Waals surface area contributed by atoms with E-state index in [4.69, 9.17) is 5.73 Å². The van der Waals surface area contributed by atoms with Gasteiger partial charge in [-0.15, -0.1) is 0 Å². The molecule has 1 aromatic rings. The average Bonchev–Trinajstić information content (AvgIpc) is 2.67. The van der Waals surface area contributed by atoms with Gasteiger partial charge in [0, 0.05) is 6.42 Å². The fraction of sp³-hybridized carbons (Fsp3) is 0.600. The second-order valence-electron chi connectivity index (χ2n) is 8.66. The third-order valence-corrected chi connectivity index (χ3v) is 6.85. The van der Waals surface area contributed by atoms with Gasteiger partial charge in [0.1, 0.15) is 0 Å². The van der Waals surface area contributed by atoms with Gasteiger partial charge in [0.25, 0.3) is 0 Å². The van der Waals surface area contributed by atoms with Crippen LogP contribution < -0.4 is 10.7 Å². The Balaban J connectivity index is 1.55. The number of hydrazine groups is 1. The Morgan fingerprint density at radius 2 is 1.88 bits per heavy atom. The Morgan fingerprint density at radius 3 is 2.40 bits per heavy atom. The lowest BCUT2D eigenvalue weighted by Gasteiger charge is -2.59. The van der Waals surface area contributed by atoms with E-state index < -0.39 is 5.41 Å². The molecule has 4 rings (SSSR count). The highest BCUT2D eigenvalue weighted by atomic mass is 16.2. The molecular formula is C20H27N3O2. The first kappa shape index (κ1) is 16.4. The van der Waals surface area contributed by atoms with Crippen LogP contribution in [0.4, 0.5) is 5.69 Å². The van der Waals surface area contributed by atoms with Crippen molar-refractivity contribution in [3.63, 3.8) is 0 Å². The van der Waals surface area contributed by atoms with E-state index in [1.54, 1.807) is 0 Å². The zero-order valence-corrected chi connectivity index (χ0v) is 15.3. The van der Waals surface area contributed by atoms with E-state index in [1.807, 2.05) is 43.1 Å². The molecule has 2 heterocycles. The topological polar surface area (TPSA) is 66.6 Å². The lowest BCUT2D eigenvalue weighted by Crippen LogP contribution is -2.73. The van der Waals surface area contributed by atoms with Gasteiger partial charge < -0.3 is 5.73 Å². The van der Waals surface area contributed by atoms with Crippen molar-refractivity contribution in [2.24, 2.45) is 17.6 Å². The van der Waals surface area contributed by atoms with Crippen LogP contribution >= 0.6 is 0 Å². The van der Waals surface area contributed by atoms with Crippen molar-refractivity contribution in [2.75, 3.05) is 11.6 Å². The zero-order chi connectivity index (χ0) is 18.0. The molecule has 2 unspecified atom stereocenters. The number of amides is 2. The molecule has 134 valence electrons. The Hall–Kier alpha value is -2.04. The van der Waals surface area contributed by atoms with Gasteiger partial charge in [0.2, 0.25) is 11.8 Å². The Labute approximate surface area is 149 Å². The van der Waals surface area contributed by atoms with Gasteiger partial charge in [-0.05, 0) is 50.3 Å². The minimum atomic E-state index is -0.694. The predicted octanol–water partition coefficient (Wildman–Crippen LogP) is 2.59. The van der Waals surface area contributed by atoms with Crippen LogP contribution in [0.5, 0.6) is 0 Å². The van der Waals surface area contributed by atoms with Crippen LogP contribution in [0, 0.1) is 11.8 Å². The van der Waals surface area contributed by atoms with Crippen molar-refractivity contribution in [2.45, 2.75) is 57.4 Å². The van der Waals surface area contributed by atoms with Crippen LogP contribution in [-0.4, -0.2) is 28.9 Å². The van der Waals surface area contributed by atoms with Gasteiger partial charge in [-0.25, -0.2) is 5.01 Å². The van der Waals surface area contributed by atoms with Crippen LogP contribution in [0.2, 0.25) is 0 Å². The highest BCUT2D eigenvalue weighted by Crippen LogP contribution is 2.53. The van der Waals surface area contributed by atoms with E-state index in [1.165, 1.54) is 19.3 Å². The molecule has 1 saturated carbocycles. The molecule has 3 aliphatic rings. The summed E-state index contributed by atoms with van der Waals surface area (Å²) in [5.74, 6) is 1.12. The highest BCUT2D eigenvalue weighted by molar-refractivity contribution is 5.86. The number of anilines is 1. The first-order valence-electron chi connectivity index (χ1n) is 9.26. The standard InChI is InChI=1S/C20H27N3O2/c1-19(2,18(21)25)14-7-9-15(10-8-14)22-12-20(3)16(13-5-4-6-13)11-17(24)23(20)22/h7-10,13,16H,4-6,11-12H2,1-3H3,(H2,21,25). The Kier molecular flexibility index (Phi) is 3.44. The highest BCUT2D eigenvalue weighted by Gasteiger charge is 2.62. The molecule has 0 radical (unpaired) electrons. The summed E-state index contributed by atoms with van der Waals surface area (Å²) >= 11 is 0. The van der Waals surface area contributed by atoms with Crippen molar-refractivity contribution >= 4 is 17.5 Å². The van der Waals surface area contributed by atoms with Crippen molar-refractivity contribution in [1.82, 2.24) is 5.01 Å². The minimum Gasteiger partial charge on any atom is -0.369 e. The number of nitrogens with zero attached hydrogens (tertiary/aromatic N) is 2. The van der Waals surface area contributed by atoms with E-state index in [2.05, 4.69) is 11.9 Å². The molecule has 3 fully saturated rings. The molecule has 0 bridgehead atoms. The maximum absolute atomic E-state index is 12.6. The second-order valence-corrected chi connectivity index (χ2v) is 8.66. The number of fused-ring (bicyclic) bond motifs is 1. The van der Waals surface area contributed by atoms with E-state index in [9.17, 15) is 9.59 Å². The number of rotatable bonds is 4. The molecule has 1 aliphatic carbocycles. The molecule has 5 nitrogen and oxygen atoms in total. The summed E-state index contributed by atoms with van der Waals surface area (Å²) in [6.07, 6.45) is 4.55. The van der Waals surface area contributed by atoms with E-state index in [-0.39, 0.29) is 17.4 Å². The SMILES string of the molecule is CC(C)(C(N)=O)c1ccc(N2CC3(C)C(C4CCC4)CC(=O)N23)cc1. The Morgan fingerprint density at radius 1 is 1.24 bits per heavy atom. The Bertz CT molecular complexity index is 723. The second kappa shape index (κ2) is 5.23. The van der Waals surface area contributed by atoms with Gasteiger partial charge in [-0.2, -0.15) is 0 Å². The lowest BCUT2D eigenvalue weighted by molar-refractivity contribution is -0.138. The van der Waals surface area contributed by atoms with Gasteiger partial charge >= 0.3 is 0 Å². The molecule has 2 N–H and O–H groups in total. The number of carbonyl (C=O) groups is 2. The van der Waals surface area contributed by atoms with E-state index in [0.29, 0.717) is 12.3 Å². The van der Waals surface area contributed by atoms with Crippen LogP contribution in [0.25, 0.3) is 0 Å². The van der Waals surface area contributed by atoms with Gasteiger partial charge in [-0.3, -0.25) is 14.6 Å². The molecular weight excluding hydrogens is 314 g/mol. The summed E-state index contributed by atoms with van der Waals surface area (Å²) in [5, 5.41) is 4.06. The largest absolute Gasteiger partial charge is 0.369 e. The van der Waals surface area contributed by atoms with Gasteiger partial charge in [0.15, 0.2) is 0 Å². The van der Waals surface area contributed by atoms with Crippen LogP contribution in [0.1, 0.15) is 52.0 Å². The average molecular weight is 341 g/mol. The smallest absolute Gasteiger partial charge is 0.242 e. The van der Waals surface area contributed by atoms with Crippen LogP contribution in [-0.2, 0) is 15.0 Å². The first-order chi connectivity index (χ1) is 11.7. The van der Waals surface area contributed by atoms with Crippen molar-refractivity contribution < 1.29 is 9.59 Å². The minimum absolute atomic E-state index is 0.0205. The molecule has 5 heteroatoms. The number of hydrogen-bond acceptors (Lipinski definition) is 3. The van der Waals surface area contributed by atoms with Gasteiger partial charge in [-0.1, -0.05) is 31.4 Å². The van der Waals surface area contributed by atoms with Gasteiger partial charge in [0.05, 0.1) is 23.2 Å². The fourth-order valence-corrected chi connectivity index (χ4v) is 4.74. The third-order valence-electron chi connectivity index (χ3n) is 6.85.